The van der Waals surface area contributed by atoms with Crippen molar-refractivity contribution in [3.63, 3.8) is 0 Å². The monoisotopic (exact) mass is 537 g/mol. The number of rotatable bonds is 9. The number of likely N-dealkylation sites (tertiary alicyclic amines) is 2. The zero-order valence-electron chi connectivity index (χ0n) is 22.2. The number of fused-ring (bicyclic) bond motifs is 1. The maximum absolute atomic E-state index is 13.2. The summed E-state index contributed by atoms with van der Waals surface area (Å²) in [6.07, 6.45) is 7.95. The van der Waals surface area contributed by atoms with Crippen LogP contribution in [-0.2, 0) is 21.1 Å². The quantitative estimate of drug-likeness (QED) is 0.446. The molecule has 0 aromatic heterocycles. The van der Waals surface area contributed by atoms with Gasteiger partial charge in [-0.25, -0.2) is 8.42 Å². The summed E-state index contributed by atoms with van der Waals surface area (Å²) in [4.78, 5) is 32.4. The number of nitrogens with zero attached hydrogens (tertiary/aromatic N) is 3. The lowest BCUT2D eigenvalue weighted by atomic mass is 9.95. The van der Waals surface area contributed by atoms with Crippen LogP contribution in [0, 0.1) is 0 Å². The predicted octanol–water partition coefficient (Wildman–Crippen LogP) is 4.31. The minimum Gasteiger partial charge on any atom is -0.338 e. The molecule has 38 heavy (non-hydrogen) atoms. The lowest BCUT2D eigenvalue weighted by molar-refractivity contribution is -0.119. The van der Waals surface area contributed by atoms with Crippen molar-refractivity contribution < 1.29 is 18.0 Å². The Morgan fingerprint density at radius 3 is 2.29 bits per heavy atom. The average Bonchev–Trinajstić information content (AvgIpc) is 3.46. The number of sulfone groups is 1. The third kappa shape index (κ3) is 6.12. The van der Waals surface area contributed by atoms with Crippen LogP contribution in [0.15, 0.2) is 53.4 Å². The summed E-state index contributed by atoms with van der Waals surface area (Å²) in [5.41, 5.74) is 2.73. The van der Waals surface area contributed by atoms with Crippen molar-refractivity contribution in [2.45, 2.75) is 68.7 Å². The molecule has 0 atom stereocenters. The van der Waals surface area contributed by atoms with E-state index in [2.05, 4.69) is 11.0 Å². The Hall–Kier alpha value is -2.71. The molecule has 2 amide bonds. The molecule has 2 fully saturated rings. The second-order valence-corrected chi connectivity index (χ2v) is 13.0. The highest BCUT2D eigenvalue weighted by atomic mass is 32.2. The van der Waals surface area contributed by atoms with E-state index in [1.165, 1.54) is 31.5 Å². The molecule has 0 unspecified atom stereocenters. The number of para-hydroxylation sites is 1. The van der Waals surface area contributed by atoms with E-state index in [4.69, 9.17) is 0 Å². The highest BCUT2D eigenvalue weighted by Crippen LogP contribution is 2.32. The molecule has 7 nitrogen and oxygen atoms in total. The molecular formula is C30H39N3O4S. The minimum atomic E-state index is -3.35. The van der Waals surface area contributed by atoms with Gasteiger partial charge >= 0.3 is 0 Å². The molecule has 0 N–H and O–H groups in total. The number of piperidine rings is 1. The zero-order chi connectivity index (χ0) is 26.5. The van der Waals surface area contributed by atoms with Crippen LogP contribution in [-0.4, -0.2) is 74.6 Å². The molecule has 2 saturated heterocycles. The fraction of sp³-hybridized carbons (Fsp3) is 0.533. The van der Waals surface area contributed by atoms with Crippen LogP contribution in [0.1, 0.15) is 67.3 Å². The van der Waals surface area contributed by atoms with E-state index >= 15 is 0 Å². The van der Waals surface area contributed by atoms with Gasteiger partial charge in [-0.15, -0.1) is 0 Å². The zero-order valence-corrected chi connectivity index (χ0v) is 23.0. The minimum absolute atomic E-state index is 0.0836. The van der Waals surface area contributed by atoms with Gasteiger partial charge in [0.25, 0.3) is 5.91 Å². The average molecular weight is 538 g/mol. The number of carbonyl (C=O) groups excluding carboxylic acids is 2. The molecule has 0 spiro atoms. The number of aryl methyl sites for hydroxylation is 1. The van der Waals surface area contributed by atoms with E-state index in [-0.39, 0.29) is 28.5 Å². The summed E-state index contributed by atoms with van der Waals surface area (Å²) in [6.45, 7) is 4.57. The van der Waals surface area contributed by atoms with Crippen molar-refractivity contribution in [3.05, 3.63) is 59.7 Å². The molecule has 8 heteroatoms. The fourth-order valence-corrected chi connectivity index (χ4v) is 7.47. The van der Waals surface area contributed by atoms with E-state index in [1.54, 1.807) is 24.3 Å². The first-order valence-electron chi connectivity index (χ1n) is 14.2. The van der Waals surface area contributed by atoms with E-state index in [0.29, 0.717) is 31.5 Å². The molecular weight excluding hydrogens is 498 g/mol. The summed E-state index contributed by atoms with van der Waals surface area (Å²) >= 11 is 0. The SMILES string of the molecule is O=C(c1ccc(S(=O)(=O)CCCCCN2CCCC2)cc1)N1CCC(N2C(=O)CCc3ccccc32)CC1. The van der Waals surface area contributed by atoms with Crippen LogP contribution >= 0.6 is 0 Å². The maximum Gasteiger partial charge on any atom is 0.253 e. The number of anilines is 1. The fourth-order valence-electron chi connectivity index (χ4n) is 6.10. The highest BCUT2D eigenvalue weighted by molar-refractivity contribution is 7.91. The van der Waals surface area contributed by atoms with Crippen molar-refractivity contribution in [1.29, 1.82) is 0 Å². The van der Waals surface area contributed by atoms with Crippen LogP contribution in [0.4, 0.5) is 5.69 Å². The smallest absolute Gasteiger partial charge is 0.253 e. The van der Waals surface area contributed by atoms with Crippen LogP contribution in [0.25, 0.3) is 0 Å². The summed E-state index contributed by atoms with van der Waals surface area (Å²) in [6, 6.07) is 14.6. The second kappa shape index (κ2) is 12.0. The van der Waals surface area contributed by atoms with Gasteiger partial charge in [0.15, 0.2) is 9.84 Å². The third-order valence-corrected chi connectivity index (χ3v) is 10.1. The van der Waals surface area contributed by atoms with E-state index in [1.807, 2.05) is 28.0 Å². The molecule has 0 saturated carbocycles. The molecule has 2 aromatic carbocycles. The van der Waals surface area contributed by atoms with Crippen LogP contribution in [0.3, 0.4) is 0 Å². The summed E-state index contributed by atoms with van der Waals surface area (Å²) in [5.74, 6) is 0.225. The van der Waals surface area contributed by atoms with Crippen LogP contribution in [0.5, 0.6) is 0 Å². The topological polar surface area (TPSA) is 78.0 Å². The standard InChI is InChI=1S/C30H39N3O4S/c34-29-15-12-24-8-2-3-9-28(24)33(29)26-16-21-32(22-17-26)30(35)25-10-13-27(14-11-25)38(36,37)23-7-1-4-18-31-19-5-6-20-31/h2-3,8-11,13-14,26H,1,4-7,12,15-23H2. The van der Waals surface area contributed by atoms with Gasteiger partial charge in [-0.2, -0.15) is 0 Å². The van der Waals surface area contributed by atoms with Gasteiger partial charge in [0, 0.05) is 36.8 Å². The van der Waals surface area contributed by atoms with Gasteiger partial charge in [0.2, 0.25) is 5.91 Å². The first kappa shape index (κ1) is 26.9. The Labute approximate surface area is 226 Å². The molecule has 204 valence electrons. The molecule has 2 aromatic rings. The number of hydrogen-bond acceptors (Lipinski definition) is 5. The van der Waals surface area contributed by atoms with Gasteiger partial charge in [0.1, 0.15) is 0 Å². The second-order valence-electron chi connectivity index (χ2n) is 10.9. The molecule has 3 aliphatic rings. The summed E-state index contributed by atoms with van der Waals surface area (Å²) in [7, 11) is -3.35. The van der Waals surface area contributed by atoms with Crippen molar-refractivity contribution >= 4 is 27.3 Å². The first-order chi connectivity index (χ1) is 18.4. The van der Waals surface area contributed by atoms with Crippen molar-refractivity contribution in [2.24, 2.45) is 0 Å². The van der Waals surface area contributed by atoms with Crippen molar-refractivity contribution in [1.82, 2.24) is 9.80 Å². The number of amides is 2. The molecule has 5 rings (SSSR count). The molecule has 3 aliphatic heterocycles. The van der Waals surface area contributed by atoms with Gasteiger partial charge in [0.05, 0.1) is 10.6 Å². The van der Waals surface area contributed by atoms with Crippen LogP contribution in [0.2, 0.25) is 0 Å². The Morgan fingerprint density at radius 2 is 1.55 bits per heavy atom. The number of benzene rings is 2. The maximum atomic E-state index is 13.2. The Kier molecular flexibility index (Phi) is 8.48. The van der Waals surface area contributed by atoms with E-state index in [9.17, 15) is 18.0 Å². The van der Waals surface area contributed by atoms with E-state index in [0.717, 1.165) is 44.3 Å². The lowest BCUT2D eigenvalue weighted by Gasteiger charge is -2.41. The molecule has 3 heterocycles. The Balaban J connectivity index is 1.12. The number of carbonyl (C=O) groups is 2. The normalized spacial score (nSPS) is 19.1. The van der Waals surface area contributed by atoms with E-state index < -0.39 is 9.84 Å². The first-order valence-corrected chi connectivity index (χ1v) is 15.8. The van der Waals surface area contributed by atoms with Gasteiger partial charge in [-0.05, 0) is 100 Å². The predicted molar refractivity (Wildman–Crippen MR) is 149 cm³/mol. The van der Waals surface area contributed by atoms with Gasteiger partial charge < -0.3 is 14.7 Å². The molecule has 0 bridgehead atoms. The Bertz CT molecular complexity index is 1230. The molecule has 0 radical (unpaired) electrons. The Morgan fingerprint density at radius 1 is 0.842 bits per heavy atom. The molecule has 0 aliphatic carbocycles. The number of hydrogen-bond donors (Lipinski definition) is 0. The summed E-state index contributed by atoms with van der Waals surface area (Å²) < 4.78 is 25.6. The van der Waals surface area contributed by atoms with Gasteiger partial charge in [-0.1, -0.05) is 24.6 Å². The lowest BCUT2D eigenvalue weighted by Crippen LogP contribution is -2.50. The van der Waals surface area contributed by atoms with Gasteiger partial charge in [-0.3, -0.25) is 9.59 Å². The van der Waals surface area contributed by atoms with Crippen molar-refractivity contribution in [3.8, 4) is 0 Å². The summed E-state index contributed by atoms with van der Waals surface area (Å²) in [5, 5.41) is 0. The van der Waals surface area contributed by atoms with Crippen molar-refractivity contribution in [2.75, 3.05) is 43.4 Å². The highest BCUT2D eigenvalue weighted by Gasteiger charge is 2.33. The largest absolute Gasteiger partial charge is 0.338 e. The third-order valence-electron chi connectivity index (χ3n) is 8.29. The number of unbranched alkanes of at least 4 members (excludes halogenated alkanes) is 2. The van der Waals surface area contributed by atoms with Crippen LogP contribution < -0.4 is 4.90 Å².